The van der Waals surface area contributed by atoms with Gasteiger partial charge in [-0.05, 0) is 30.9 Å². The van der Waals surface area contributed by atoms with Crippen molar-refractivity contribution in [2.45, 2.75) is 36.7 Å². The lowest BCUT2D eigenvalue weighted by molar-refractivity contribution is -0.140. The minimum atomic E-state index is -5.19. The summed E-state index contributed by atoms with van der Waals surface area (Å²) in [5.74, 6) is -5.24. The van der Waals surface area contributed by atoms with Gasteiger partial charge in [-0.3, -0.25) is 0 Å². The number of rotatable bonds is 6. The van der Waals surface area contributed by atoms with Crippen molar-refractivity contribution in [2.24, 2.45) is 7.05 Å². The maximum Gasteiger partial charge on any atom is 0.419 e. The molecule has 1 aliphatic heterocycles. The first-order chi connectivity index (χ1) is 19.9. The fourth-order valence-electron chi connectivity index (χ4n) is 5.33. The van der Waals surface area contributed by atoms with Gasteiger partial charge in [-0.1, -0.05) is 30.3 Å². The van der Waals surface area contributed by atoms with Gasteiger partial charge in [-0.25, -0.2) is 26.9 Å². The Bertz CT molecular complexity index is 1780. The molecule has 42 heavy (non-hydrogen) atoms. The Morgan fingerprint density at radius 3 is 2.45 bits per heavy atom. The molecule has 0 spiro atoms. The van der Waals surface area contributed by atoms with E-state index in [0.717, 1.165) is 5.56 Å². The predicted molar refractivity (Wildman–Crippen MR) is 143 cm³/mol. The van der Waals surface area contributed by atoms with E-state index in [1.54, 1.807) is 0 Å². The lowest BCUT2D eigenvalue weighted by Gasteiger charge is -2.41. The number of nitrogens with zero attached hydrogens (tertiary/aromatic N) is 6. The number of hydrogen-bond acceptors (Lipinski definition) is 7. The van der Waals surface area contributed by atoms with E-state index in [1.165, 1.54) is 22.2 Å². The van der Waals surface area contributed by atoms with E-state index in [4.69, 9.17) is 0 Å². The topological polar surface area (TPSA) is 104 Å². The third-order valence-corrected chi connectivity index (χ3v) is 9.99. The number of halogens is 5. The van der Waals surface area contributed by atoms with E-state index < -0.39 is 44.7 Å². The maximum absolute atomic E-state index is 14.9. The number of alkyl halides is 3. The van der Waals surface area contributed by atoms with E-state index in [2.05, 4.69) is 15.1 Å². The molecule has 2 aliphatic rings. The zero-order chi connectivity index (χ0) is 30.0. The summed E-state index contributed by atoms with van der Waals surface area (Å²) in [5.41, 5.74) is -1.77. The standard InChI is InChI=1S/C27H25F5N6O3S/c1-36-25-19(23(35-36)18-12-20(27(30,31)32)22(29)24(39)21(18)28)13-33-26(34-25)38-10-9-37(42(40,41)17-7-8-17)14-16(38)11-15-5-3-2-4-6-15/h2-6,12-13,16-17,39H,7-11,14H2,1H3/t16-/m1/s1. The summed E-state index contributed by atoms with van der Waals surface area (Å²) in [6.07, 6.45) is -2.13. The molecule has 0 unspecified atom stereocenters. The smallest absolute Gasteiger partial charge is 0.419 e. The number of aromatic nitrogens is 4. The number of fused-ring (bicyclic) bond motifs is 1. The van der Waals surface area contributed by atoms with Gasteiger partial charge < -0.3 is 10.0 Å². The van der Waals surface area contributed by atoms with Crippen LogP contribution in [0.3, 0.4) is 0 Å². The van der Waals surface area contributed by atoms with Gasteiger partial charge in [0.1, 0.15) is 5.69 Å². The normalized spacial score (nSPS) is 18.6. The van der Waals surface area contributed by atoms with E-state index in [1.807, 2.05) is 35.2 Å². The minimum absolute atomic E-state index is 0.0776. The molecule has 1 N–H and O–H groups in total. The van der Waals surface area contributed by atoms with Crippen LogP contribution in [-0.2, 0) is 29.7 Å². The first-order valence-corrected chi connectivity index (χ1v) is 14.6. The number of phenolic OH excluding ortho intramolecular Hbond substituents is 1. The monoisotopic (exact) mass is 608 g/mol. The van der Waals surface area contributed by atoms with Gasteiger partial charge in [0.15, 0.2) is 23.0 Å². The van der Waals surface area contributed by atoms with Crippen LogP contribution in [0, 0.1) is 11.6 Å². The largest absolute Gasteiger partial charge is 0.503 e. The van der Waals surface area contributed by atoms with Crippen LogP contribution in [0.1, 0.15) is 24.0 Å². The molecule has 15 heteroatoms. The summed E-state index contributed by atoms with van der Waals surface area (Å²) in [7, 11) is -1.97. The molecule has 0 amide bonds. The minimum Gasteiger partial charge on any atom is -0.503 e. The summed E-state index contributed by atoms with van der Waals surface area (Å²) in [4.78, 5) is 10.9. The summed E-state index contributed by atoms with van der Waals surface area (Å²) in [6, 6.07) is 9.45. The fourth-order valence-corrected chi connectivity index (χ4v) is 7.20. The molecular formula is C27H25F5N6O3S. The molecule has 3 heterocycles. The van der Waals surface area contributed by atoms with Crippen molar-refractivity contribution in [3.63, 3.8) is 0 Å². The van der Waals surface area contributed by atoms with Crippen LogP contribution in [0.25, 0.3) is 22.3 Å². The Hall–Kier alpha value is -3.85. The van der Waals surface area contributed by atoms with E-state index >= 15 is 0 Å². The van der Waals surface area contributed by atoms with E-state index in [0.29, 0.717) is 19.3 Å². The van der Waals surface area contributed by atoms with Gasteiger partial charge in [0, 0.05) is 44.5 Å². The van der Waals surface area contributed by atoms with Crippen molar-refractivity contribution in [1.29, 1.82) is 0 Å². The van der Waals surface area contributed by atoms with Crippen LogP contribution in [0.2, 0.25) is 0 Å². The Kier molecular flexibility index (Phi) is 6.84. The molecule has 0 radical (unpaired) electrons. The Balaban J connectivity index is 1.39. The van der Waals surface area contributed by atoms with Crippen LogP contribution in [-0.4, -0.2) is 68.5 Å². The van der Waals surface area contributed by atoms with Gasteiger partial charge in [0.25, 0.3) is 0 Å². The van der Waals surface area contributed by atoms with Crippen LogP contribution < -0.4 is 4.90 Å². The second-order valence-electron chi connectivity index (χ2n) is 10.5. The molecule has 2 fully saturated rings. The highest BCUT2D eigenvalue weighted by atomic mass is 32.2. The average Bonchev–Trinajstić information content (AvgIpc) is 3.77. The average molecular weight is 609 g/mol. The third kappa shape index (κ3) is 4.93. The molecule has 6 rings (SSSR count). The predicted octanol–water partition coefficient (Wildman–Crippen LogP) is 4.26. The number of hydrogen-bond donors (Lipinski definition) is 1. The Labute approximate surface area is 237 Å². The van der Waals surface area contributed by atoms with Crippen LogP contribution >= 0.6 is 0 Å². The first kappa shape index (κ1) is 28.3. The van der Waals surface area contributed by atoms with Gasteiger partial charge in [0.2, 0.25) is 16.0 Å². The van der Waals surface area contributed by atoms with Gasteiger partial charge in [-0.15, -0.1) is 0 Å². The lowest BCUT2D eigenvalue weighted by Crippen LogP contribution is -2.56. The highest BCUT2D eigenvalue weighted by Gasteiger charge is 2.43. The molecule has 1 saturated heterocycles. The quantitative estimate of drug-likeness (QED) is 0.327. The summed E-state index contributed by atoms with van der Waals surface area (Å²) in [6.45, 7) is 0.726. The second kappa shape index (κ2) is 10.2. The number of aryl methyl sites for hydroxylation is 1. The zero-order valence-corrected chi connectivity index (χ0v) is 23.0. The number of anilines is 1. The number of sulfonamides is 1. The number of benzene rings is 2. The van der Waals surface area contributed by atoms with Crippen molar-refractivity contribution in [3.8, 4) is 17.0 Å². The van der Waals surface area contributed by atoms with E-state index in [-0.39, 0.29) is 59.7 Å². The Morgan fingerprint density at radius 1 is 1.07 bits per heavy atom. The van der Waals surface area contributed by atoms with E-state index in [9.17, 15) is 35.5 Å². The number of aromatic hydroxyl groups is 1. The summed E-state index contributed by atoms with van der Waals surface area (Å²) < 4.78 is 97.9. The molecule has 0 bridgehead atoms. The summed E-state index contributed by atoms with van der Waals surface area (Å²) in [5, 5.41) is 13.6. The molecule has 4 aromatic rings. The molecule has 1 aliphatic carbocycles. The molecule has 9 nitrogen and oxygen atoms in total. The number of piperazine rings is 1. The number of phenols is 1. The van der Waals surface area contributed by atoms with Crippen LogP contribution in [0.4, 0.5) is 27.9 Å². The highest BCUT2D eigenvalue weighted by Crippen LogP contribution is 2.41. The van der Waals surface area contributed by atoms with Crippen LogP contribution in [0.5, 0.6) is 5.75 Å². The second-order valence-corrected chi connectivity index (χ2v) is 12.7. The third-order valence-electron chi connectivity index (χ3n) is 7.63. The molecule has 2 aromatic carbocycles. The molecule has 1 saturated carbocycles. The highest BCUT2D eigenvalue weighted by molar-refractivity contribution is 7.90. The zero-order valence-electron chi connectivity index (χ0n) is 22.2. The van der Waals surface area contributed by atoms with Crippen molar-refractivity contribution < 1.29 is 35.5 Å². The molecule has 2 aromatic heterocycles. The van der Waals surface area contributed by atoms with Crippen molar-refractivity contribution in [1.82, 2.24) is 24.1 Å². The summed E-state index contributed by atoms with van der Waals surface area (Å²) >= 11 is 0. The fraction of sp³-hybridized carbons (Fsp3) is 0.370. The lowest BCUT2D eigenvalue weighted by atomic mass is 10.0. The van der Waals surface area contributed by atoms with Crippen molar-refractivity contribution >= 4 is 27.0 Å². The molecule has 1 atom stereocenters. The van der Waals surface area contributed by atoms with Gasteiger partial charge in [0.05, 0.1) is 16.2 Å². The van der Waals surface area contributed by atoms with Crippen molar-refractivity contribution in [3.05, 3.63) is 65.4 Å². The maximum atomic E-state index is 14.9. The molecule has 222 valence electrons. The Morgan fingerprint density at radius 2 is 1.79 bits per heavy atom. The van der Waals surface area contributed by atoms with Crippen molar-refractivity contribution in [2.75, 3.05) is 24.5 Å². The van der Waals surface area contributed by atoms with Gasteiger partial charge in [-0.2, -0.15) is 27.6 Å². The molecular weight excluding hydrogens is 583 g/mol. The SMILES string of the molecule is Cn1nc(-c2cc(C(F)(F)F)c(F)c(O)c2F)c2cnc(N3CCN(S(=O)(=O)C4CC4)C[C@H]3Cc3ccccc3)nc21. The van der Waals surface area contributed by atoms with Gasteiger partial charge >= 0.3 is 6.18 Å². The van der Waals surface area contributed by atoms with Crippen LogP contribution in [0.15, 0.2) is 42.6 Å². The first-order valence-electron chi connectivity index (χ1n) is 13.1.